The number of hydrogen-bond acceptors (Lipinski definition) is 5. The first-order valence-corrected chi connectivity index (χ1v) is 13.1. The number of hydroxylamine groups is 2. The van der Waals surface area contributed by atoms with Gasteiger partial charge in [0.2, 0.25) is 12.3 Å². The van der Waals surface area contributed by atoms with Gasteiger partial charge in [0.1, 0.15) is 12.6 Å². The Morgan fingerprint density at radius 1 is 1.05 bits per heavy atom. The summed E-state index contributed by atoms with van der Waals surface area (Å²) in [6.45, 7) is 10.3. The largest absolute Gasteiger partial charge is 0.493 e. The zero-order valence-corrected chi connectivity index (χ0v) is 23.3. The van der Waals surface area contributed by atoms with Gasteiger partial charge in [-0.05, 0) is 67.1 Å². The molecule has 3 aromatic rings. The van der Waals surface area contributed by atoms with Crippen molar-refractivity contribution in [2.75, 3.05) is 13.7 Å². The molecule has 0 aliphatic carbocycles. The third-order valence-corrected chi connectivity index (χ3v) is 6.41. The summed E-state index contributed by atoms with van der Waals surface area (Å²) in [6.07, 6.45) is 1.91. The van der Waals surface area contributed by atoms with Crippen molar-refractivity contribution in [1.29, 1.82) is 0 Å². The molecule has 0 bridgehead atoms. The molecule has 38 heavy (non-hydrogen) atoms. The molecule has 0 radical (unpaired) electrons. The van der Waals surface area contributed by atoms with Crippen molar-refractivity contribution in [2.45, 2.75) is 65.7 Å². The molecular formula is C31H40N2O5. The van der Waals surface area contributed by atoms with Gasteiger partial charge in [-0.15, -0.1) is 0 Å². The van der Waals surface area contributed by atoms with Crippen LogP contribution in [0.3, 0.4) is 0 Å². The number of hydrogen-bond donors (Lipinski definition) is 1. The van der Waals surface area contributed by atoms with Gasteiger partial charge in [-0.1, -0.05) is 68.8 Å². The zero-order chi connectivity index (χ0) is 27.7. The number of fused-ring (bicyclic) bond motifs is 1. The van der Waals surface area contributed by atoms with E-state index in [-0.39, 0.29) is 11.8 Å². The molecule has 0 aromatic heterocycles. The van der Waals surface area contributed by atoms with Crippen LogP contribution in [0, 0.1) is 5.92 Å². The van der Waals surface area contributed by atoms with E-state index >= 15 is 0 Å². The van der Waals surface area contributed by atoms with E-state index in [0.29, 0.717) is 37.5 Å². The van der Waals surface area contributed by atoms with Gasteiger partial charge in [0.05, 0.1) is 12.7 Å². The summed E-state index contributed by atoms with van der Waals surface area (Å²) in [5.74, 6) is 0.988. The van der Waals surface area contributed by atoms with Crippen LogP contribution in [0.4, 0.5) is 0 Å². The van der Waals surface area contributed by atoms with Gasteiger partial charge < -0.3 is 14.8 Å². The molecule has 0 spiro atoms. The number of amides is 2. The fraction of sp³-hybridized carbons (Fsp3) is 0.419. The highest BCUT2D eigenvalue weighted by Gasteiger charge is 2.33. The Balaban J connectivity index is 1.62. The first-order chi connectivity index (χ1) is 18.2. The Bertz CT molecular complexity index is 1220. The molecule has 2 amide bonds. The van der Waals surface area contributed by atoms with Crippen molar-refractivity contribution in [3.8, 4) is 11.5 Å². The maximum atomic E-state index is 13.1. The van der Waals surface area contributed by atoms with Crippen LogP contribution in [-0.2, 0) is 27.5 Å². The molecule has 0 unspecified atom stereocenters. The van der Waals surface area contributed by atoms with E-state index in [2.05, 4.69) is 29.6 Å². The van der Waals surface area contributed by atoms with Crippen LogP contribution in [0.5, 0.6) is 11.5 Å². The standard InChI is InChI=1S/C31H40N2O5/c1-7-22(2)29(33(21-34)38-31(3,4)5)30(35)32-18-17-23-15-16-27(28(19-23)36-6)37-20-25-13-10-12-24-11-8-9-14-26(24)25/h8-16,19,21-22,29H,7,17-18,20H2,1-6H3,(H,32,35)/t22-,29-/m0/s1. The van der Waals surface area contributed by atoms with Gasteiger partial charge in [-0.25, -0.2) is 5.06 Å². The SMILES string of the molecule is CC[C@H](C)[C@@H](C(=O)NCCc1ccc(OCc2cccc3ccccc23)c(OC)c1)N(C=O)OC(C)(C)C. The molecule has 3 rings (SSSR count). The van der Waals surface area contributed by atoms with Crippen LogP contribution in [0.15, 0.2) is 60.7 Å². The van der Waals surface area contributed by atoms with E-state index in [1.54, 1.807) is 7.11 Å². The Morgan fingerprint density at radius 2 is 1.79 bits per heavy atom. The maximum Gasteiger partial charge on any atom is 0.245 e. The van der Waals surface area contributed by atoms with Gasteiger partial charge in [0.15, 0.2) is 11.5 Å². The maximum absolute atomic E-state index is 13.1. The second-order valence-electron chi connectivity index (χ2n) is 10.5. The molecule has 3 aromatic carbocycles. The van der Waals surface area contributed by atoms with Crippen molar-refractivity contribution in [3.05, 3.63) is 71.8 Å². The summed E-state index contributed by atoms with van der Waals surface area (Å²) < 4.78 is 11.7. The number of nitrogens with one attached hydrogen (secondary N) is 1. The normalized spacial score (nSPS) is 13.0. The first kappa shape index (κ1) is 29.0. The summed E-state index contributed by atoms with van der Waals surface area (Å²) in [5.41, 5.74) is 1.51. The number of methoxy groups -OCH3 is 1. The third kappa shape index (κ3) is 7.71. The Kier molecular flexibility index (Phi) is 10.1. The minimum Gasteiger partial charge on any atom is -0.493 e. The number of carbonyl (C=O) groups excluding carboxylic acids is 2. The summed E-state index contributed by atoms with van der Waals surface area (Å²) >= 11 is 0. The summed E-state index contributed by atoms with van der Waals surface area (Å²) in [7, 11) is 1.62. The van der Waals surface area contributed by atoms with E-state index < -0.39 is 11.6 Å². The van der Waals surface area contributed by atoms with Crippen molar-refractivity contribution in [3.63, 3.8) is 0 Å². The number of nitrogens with zero attached hydrogens (tertiary/aromatic N) is 1. The predicted molar refractivity (Wildman–Crippen MR) is 150 cm³/mol. The van der Waals surface area contributed by atoms with Crippen LogP contribution < -0.4 is 14.8 Å². The lowest BCUT2D eigenvalue weighted by Gasteiger charge is -2.34. The van der Waals surface area contributed by atoms with Crippen LogP contribution in [0.2, 0.25) is 0 Å². The highest BCUT2D eigenvalue weighted by molar-refractivity contribution is 5.85. The molecular weight excluding hydrogens is 480 g/mol. The summed E-state index contributed by atoms with van der Waals surface area (Å²) in [5, 5.41) is 6.46. The minimum atomic E-state index is -0.712. The van der Waals surface area contributed by atoms with Crippen LogP contribution in [0.25, 0.3) is 10.8 Å². The van der Waals surface area contributed by atoms with E-state index in [1.807, 2.05) is 71.0 Å². The highest BCUT2D eigenvalue weighted by atomic mass is 16.7. The molecule has 7 nitrogen and oxygen atoms in total. The molecule has 0 saturated carbocycles. The van der Waals surface area contributed by atoms with E-state index in [4.69, 9.17) is 14.3 Å². The highest BCUT2D eigenvalue weighted by Crippen LogP contribution is 2.30. The zero-order valence-electron chi connectivity index (χ0n) is 23.3. The number of carbonyl (C=O) groups is 2. The van der Waals surface area contributed by atoms with Crippen molar-refractivity contribution >= 4 is 23.1 Å². The lowest BCUT2D eigenvalue weighted by atomic mass is 9.98. The van der Waals surface area contributed by atoms with Gasteiger partial charge in [-0.3, -0.25) is 14.4 Å². The Hall–Kier alpha value is -3.58. The van der Waals surface area contributed by atoms with Gasteiger partial charge in [0.25, 0.3) is 0 Å². The molecule has 0 fully saturated rings. The fourth-order valence-corrected chi connectivity index (χ4v) is 4.30. The smallest absolute Gasteiger partial charge is 0.245 e. The van der Waals surface area contributed by atoms with E-state index in [1.165, 1.54) is 5.39 Å². The molecule has 1 N–H and O–H groups in total. The topological polar surface area (TPSA) is 77.1 Å². The quantitative estimate of drug-likeness (QED) is 0.231. The van der Waals surface area contributed by atoms with E-state index in [0.717, 1.165) is 28.0 Å². The molecule has 0 heterocycles. The second-order valence-corrected chi connectivity index (χ2v) is 10.5. The summed E-state index contributed by atoms with van der Waals surface area (Å²) in [4.78, 5) is 30.6. The molecule has 2 atom stereocenters. The van der Waals surface area contributed by atoms with Gasteiger partial charge in [-0.2, -0.15) is 0 Å². The Morgan fingerprint density at radius 3 is 2.47 bits per heavy atom. The first-order valence-electron chi connectivity index (χ1n) is 13.1. The summed E-state index contributed by atoms with van der Waals surface area (Å²) in [6, 6.07) is 19.5. The number of ether oxygens (including phenoxy) is 2. The molecule has 0 saturated heterocycles. The molecule has 204 valence electrons. The molecule has 0 aliphatic heterocycles. The Labute approximate surface area is 226 Å². The van der Waals surface area contributed by atoms with E-state index in [9.17, 15) is 9.59 Å². The predicted octanol–water partition coefficient (Wildman–Crippen LogP) is 5.69. The van der Waals surface area contributed by atoms with Crippen LogP contribution in [0.1, 0.15) is 52.2 Å². The molecule has 7 heteroatoms. The number of rotatable bonds is 13. The van der Waals surface area contributed by atoms with Gasteiger partial charge >= 0.3 is 0 Å². The average molecular weight is 521 g/mol. The van der Waals surface area contributed by atoms with Gasteiger partial charge in [0, 0.05) is 6.54 Å². The number of benzene rings is 3. The monoisotopic (exact) mass is 520 g/mol. The second kappa shape index (κ2) is 13.3. The minimum absolute atomic E-state index is 0.0687. The van der Waals surface area contributed by atoms with Crippen molar-refractivity contribution < 1.29 is 23.9 Å². The van der Waals surface area contributed by atoms with Crippen LogP contribution in [-0.4, -0.2) is 42.7 Å². The average Bonchev–Trinajstić information content (AvgIpc) is 2.90. The third-order valence-electron chi connectivity index (χ3n) is 6.41. The van der Waals surface area contributed by atoms with Crippen LogP contribution >= 0.6 is 0 Å². The lowest BCUT2D eigenvalue weighted by molar-refractivity contribution is -0.236. The van der Waals surface area contributed by atoms with Crippen molar-refractivity contribution in [1.82, 2.24) is 10.4 Å². The molecule has 0 aliphatic rings. The van der Waals surface area contributed by atoms with Crippen molar-refractivity contribution in [2.24, 2.45) is 5.92 Å². The lowest BCUT2D eigenvalue weighted by Crippen LogP contribution is -2.52. The fourth-order valence-electron chi connectivity index (χ4n) is 4.30.